The van der Waals surface area contributed by atoms with Crippen molar-refractivity contribution >= 4 is 24.0 Å². The normalized spacial score (nSPS) is 16.2. The lowest BCUT2D eigenvalue weighted by molar-refractivity contribution is 0.102. The Morgan fingerprint density at radius 1 is 1.26 bits per heavy atom. The minimum absolute atomic E-state index is 0. The van der Waals surface area contributed by atoms with Crippen LogP contribution in [-0.2, 0) is 6.42 Å². The van der Waals surface area contributed by atoms with Crippen LogP contribution in [0.3, 0.4) is 0 Å². The van der Waals surface area contributed by atoms with Crippen LogP contribution in [0.2, 0.25) is 0 Å². The number of carbonyl (C=O) groups excluding carboxylic acids is 1. The Kier molecular flexibility index (Phi) is 5.87. The first-order valence-electron chi connectivity index (χ1n) is 9.13. The Labute approximate surface area is 164 Å². The second-order valence-corrected chi connectivity index (χ2v) is 6.94. The van der Waals surface area contributed by atoms with E-state index >= 15 is 0 Å². The van der Waals surface area contributed by atoms with Gasteiger partial charge >= 0.3 is 0 Å². The Morgan fingerprint density at radius 2 is 2.04 bits per heavy atom. The van der Waals surface area contributed by atoms with Gasteiger partial charge in [0, 0.05) is 24.3 Å². The molecule has 144 valence electrons. The largest absolute Gasteiger partial charge is 0.493 e. The Hall–Kier alpha value is -2.31. The van der Waals surface area contributed by atoms with E-state index in [9.17, 15) is 9.59 Å². The van der Waals surface area contributed by atoms with Gasteiger partial charge in [-0.3, -0.25) is 9.59 Å². The lowest BCUT2D eigenvalue weighted by Gasteiger charge is -2.25. The molecule has 0 bridgehead atoms. The molecule has 0 aliphatic carbocycles. The van der Waals surface area contributed by atoms with Crippen molar-refractivity contribution in [3.05, 3.63) is 57.5 Å². The van der Waals surface area contributed by atoms with Crippen LogP contribution < -0.4 is 20.9 Å². The highest BCUT2D eigenvalue weighted by atomic mass is 35.5. The van der Waals surface area contributed by atoms with Crippen LogP contribution >= 0.6 is 12.4 Å². The third-order valence-electron chi connectivity index (χ3n) is 5.20. The predicted octanol–water partition coefficient (Wildman–Crippen LogP) is 2.69. The molecule has 1 amide bonds. The molecule has 0 radical (unpaired) electrons. The second-order valence-electron chi connectivity index (χ2n) is 6.94. The van der Waals surface area contributed by atoms with E-state index in [0.717, 1.165) is 43.7 Å². The van der Waals surface area contributed by atoms with Gasteiger partial charge in [0.25, 0.3) is 11.5 Å². The average Bonchev–Trinajstić information content (AvgIpc) is 3.10. The summed E-state index contributed by atoms with van der Waals surface area (Å²) < 4.78 is 7.21. The Bertz CT molecular complexity index is 904. The average molecular weight is 390 g/mol. The number of halogens is 1. The molecular weight excluding hydrogens is 366 g/mol. The van der Waals surface area contributed by atoms with Gasteiger partial charge in [0.1, 0.15) is 11.3 Å². The zero-order chi connectivity index (χ0) is 18.1. The monoisotopic (exact) mass is 389 g/mol. The highest BCUT2D eigenvalue weighted by molar-refractivity contribution is 6.05. The number of anilines is 1. The number of ether oxygens (including phenoxy) is 1. The lowest BCUT2D eigenvalue weighted by Crippen LogP contribution is -2.37. The van der Waals surface area contributed by atoms with Crippen LogP contribution in [-0.4, -0.2) is 30.2 Å². The number of pyridine rings is 1. The molecule has 2 aliphatic rings. The van der Waals surface area contributed by atoms with Gasteiger partial charge in [-0.15, -0.1) is 12.4 Å². The summed E-state index contributed by atoms with van der Waals surface area (Å²) in [5, 5.41) is 6.18. The summed E-state index contributed by atoms with van der Waals surface area (Å²) in [5.74, 6) is 0.516. The van der Waals surface area contributed by atoms with E-state index in [1.165, 1.54) is 0 Å². The number of piperidine rings is 1. The molecule has 0 atom stereocenters. The van der Waals surface area contributed by atoms with Gasteiger partial charge in [-0.1, -0.05) is 0 Å². The van der Waals surface area contributed by atoms with Gasteiger partial charge in [0.2, 0.25) is 0 Å². The third-order valence-corrected chi connectivity index (χ3v) is 5.20. The number of aromatic nitrogens is 1. The first kappa shape index (κ1) is 19.5. The number of hydrogen-bond acceptors (Lipinski definition) is 4. The topological polar surface area (TPSA) is 72.4 Å². The maximum atomic E-state index is 13.0. The SMILES string of the molecule is Cc1ccn(C2CCNCC2)c(=O)c1C(=O)Nc1ccc2c(c1)CCO2.Cl. The molecule has 0 saturated carbocycles. The maximum Gasteiger partial charge on any atom is 0.263 e. The molecule has 0 spiro atoms. The molecule has 2 aromatic rings. The molecule has 7 heteroatoms. The third kappa shape index (κ3) is 3.87. The fraction of sp³-hybridized carbons (Fsp3) is 0.400. The lowest BCUT2D eigenvalue weighted by atomic mass is 10.0. The van der Waals surface area contributed by atoms with E-state index in [1.807, 2.05) is 30.5 Å². The van der Waals surface area contributed by atoms with Gasteiger partial charge in [-0.05, 0) is 68.2 Å². The fourth-order valence-corrected chi connectivity index (χ4v) is 3.75. The Morgan fingerprint density at radius 3 is 2.81 bits per heavy atom. The summed E-state index contributed by atoms with van der Waals surface area (Å²) in [6, 6.07) is 7.60. The quantitative estimate of drug-likeness (QED) is 0.846. The number of hydrogen-bond donors (Lipinski definition) is 2. The minimum atomic E-state index is -0.352. The van der Waals surface area contributed by atoms with E-state index in [1.54, 1.807) is 11.5 Å². The molecule has 1 aromatic heterocycles. The van der Waals surface area contributed by atoms with E-state index < -0.39 is 0 Å². The zero-order valence-corrected chi connectivity index (χ0v) is 16.1. The van der Waals surface area contributed by atoms with Gasteiger partial charge in [0.15, 0.2) is 0 Å². The van der Waals surface area contributed by atoms with Crippen LogP contribution in [0.1, 0.15) is 40.4 Å². The van der Waals surface area contributed by atoms with Gasteiger partial charge in [-0.25, -0.2) is 0 Å². The van der Waals surface area contributed by atoms with Gasteiger partial charge in [0.05, 0.1) is 6.61 Å². The number of aryl methyl sites for hydroxylation is 1. The summed E-state index contributed by atoms with van der Waals surface area (Å²) in [4.78, 5) is 25.8. The molecule has 1 saturated heterocycles. The Balaban J connectivity index is 0.00000210. The van der Waals surface area contributed by atoms with Crippen molar-refractivity contribution in [1.29, 1.82) is 0 Å². The first-order chi connectivity index (χ1) is 12.6. The summed E-state index contributed by atoms with van der Waals surface area (Å²) in [5.41, 5.74) is 2.49. The van der Waals surface area contributed by atoms with Crippen LogP contribution in [0.4, 0.5) is 5.69 Å². The maximum absolute atomic E-state index is 13.0. The molecular formula is C20H24ClN3O3. The van der Waals surface area contributed by atoms with Crippen molar-refractivity contribution in [3.8, 4) is 5.75 Å². The molecule has 6 nitrogen and oxygen atoms in total. The number of amides is 1. The summed E-state index contributed by atoms with van der Waals surface area (Å²) in [6.45, 7) is 4.26. The molecule has 1 aromatic carbocycles. The number of carbonyl (C=O) groups is 1. The molecule has 2 N–H and O–H groups in total. The van der Waals surface area contributed by atoms with Crippen LogP contribution in [0.25, 0.3) is 0 Å². The van der Waals surface area contributed by atoms with Crippen molar-refractivity contribution in [2.45, 2.75) is 32.2 Å². The number of rotatable bonds is 3. The second kappa shape index (κ2) is 8.15. The van der Waals surface area contributed by atoms with Crippen molar-refractivity contribution in [3.63, 3.8) is 0 Å². The van der Waals surface area contributed by atoms with Crippen LogP contribution in [0.15, 0.2) is 35.3 Å². The summed E-state index contributed by atoms with van der Waals surface area (Å²) in [7, 11) is 0. The van der Waals surface area contributed by atoms with E-state index in [4.69, 9.17) is 4.74 Å². The van der Waals surface area contributed by atoms with E-state index in [-0.39, 0.29) is 35.5 Å². The molecule has 2 aliphatic heterocycles. The zero-order valence-electron chi connectivity index (χ0n) is 15.3. The van der Waals surface area contributed by atoms with Crippen molar-refractivity contribution in [1.82, 2.24) is 9.88 Å². The highest BCUT2D eigenvalue weighted by Crippen LogP contribution is 2.28. The predicted molar refractivity (Wildman–Crippen MR) is 107 cm³/mol. The molecule has 4 rings (SSSR count). The van der Waals surface area contributed by atoms with Crippen molar-refractivity contribution < 1.29 is 9.53 Å². The highest BCUT2D eigenvalue weighted by Gasteiger charge is 2.22. The standard InChI is InChI=1S/C20H23N3O3.ClH/c1-13-6-10-23(16-4-8-21-9-5-16)20(25)18(13)19(24)22-15-2-3-17-14(12-15)7-11-26-17;/h2-3,6,10,12,16,21H,4-5,7-9,11H2,1H3,(H,22,24);1H. The number of benzene rings is 1. The van der Waals surface area contributed by atoms with Crippen LogP contribution in [0, 0.1) is 6.92 Å². The van der Waals surface area contributed by atoms with Crippen molar-refractivity contribution in [2.75, 3.05) is 25.0 Å². The number of nitrogens with one attached hydrogen (secondary N) is 2. The smallest absolute Gasteiger partial charge is 0.263 e. The number of nitrogens with zero attached hydrogens (tertiary/aromatic N) is 1. The summed E-state index contributed by atoms with van der Waals surface area (Å²) >= 11 is 0. The van der Waals surface area contributed by atoms with Gasteiger partial charge in [-0.2, -0.15) is 0 Å². The number of fused-ring (bicyclic) bond motifs is 1. The van der Waals surface area contributed by atoms with Gasteiger partial charge < -0.3 is 19.9 Å². The van der Waals surface area contributed by atoms with E-state index in [0.29, 0.717) is 17.9 Å². The minimum Gasteiger partial charge on any atom is -0.493 e. The molecule has 0 unspecified atom stereocenters. The summed E-state index contributed by atoms with van der Waals surface area (Å²) in [6.07, 6.45) is 4.45. The van der Waals surface area contributed by atoms with Crippen LogP contribution in [0.5, 0.6) is 5.75 Å². The van der Waals surface area contributed by atoms with E-state index in [2.05, 4.69) is 10.6 Å². The first-order valence-corrected chi connectivity index (χ1v) is 9.13. The molecule has 1 fully saturated rings. The molecule has 3 heterocycles. The molecule has 27 heavy (non-hydrogen) atoms. The van der Waals surface area contributed by atoms with Crippen molar-refractivity contribution in [2.24, 2.45) is 0 Å². The fourth-order valence-electron chi connectivity index (χ4n) is 3.75.